The molecule has 4 heteroatoms. The van der Waals surface area contributed by atoms with Crippen LogP contribution in [0.15, 0.2) is 0 Å². The van der Waals surface area contributed by atoms with E-state index in [1.807, 2.05) is 6.92 Å². The predicted octanol–water partition coefficient (Wildman–Crippen LogP) is 0.785. The van der Waals surface area contributed by atoms with Gasteiger partial charge in [-0.1, -0.05) is 0 Å². The maximum atomic E-state index is 11.8. The number of hydrogen-bond donors (Lipinski definition) is 1. The first-order chi connectivity index (χ1) is 6.78. The van der Waals surface area contributed by atoms with E-state index in [0.29, 0.717) is 13.1 Å². The van der Waals surface area contributed by atoms with Crippen LogP contribution in [0.1, 0.15) is 33.6 Å². The fraction of sp³-hybridized carbons (Fsp3) is 0.909. The minimum absolute atomic E-state index is 0.217. The van der Waals surface area contributed by atoms with Crippen LogP contribution in [-0.2, 0) is 9.53 Å². The van der Waals surface area contributed by atoms with E-state index in [1.165, 1.54) is 13.8 Å². The third kappa shape index (κ3) is 2.92. The molecule has 0 saturated carbocycles. The number of likely N-dealkylation sites (tertiary alicyclic amines) is 1. The Balaban J connectivity index is 2.69. The van der Waals surface area contributed by atoms with Crippen molar-refractivity contribution in [1.82, 2.24) is 4.90 Å². The third-order valence-corrected chi connectivity index (χ3v) is 2.96. The highest BCUT2D eigenvalue weighted by molar-refractivity contribution is 5.84. The molecule has 0 aromatic heterocycles. The highest BCUT2D eigenvalue weighted by Gasteiger charge is 2.37. The van der Waals surface area contributed by atoms with Gasteiger partial charge in [-0.3, -0.25) is 4.79 Å². The number of hydrogen-bond acceptors (Lipinski definition) is 3. The van der Waals surface area contributed by atoms with Gasteiger partial charge in [-0.2, -0.15) is 0 Å². The van der Waals surface area contributed by atoms with Crippen LogP contribution in [0.2, 0.25) is 0 Å². The van der Waals surface area contributed by atoms with Gasteiger partial charge in [0, 0.05) is 20.2 Å². The highest BCUT2D eigenvalue weighted by atomic mass is 16.5. The van der Waals surface area contributed by atoms with Crippen LogP contribution >= 0.6 is 0 Å². The molecule has 1 fully saturated rings. The van der Waals surface area contributed by atoms with Crippen LogP contribution in [0.4, 0.5) is 0 Å². The second kappa shape index (κ2) is 4.10. The number of methoxy groups -OCH3 is 1. The van der Waals surface area contributed by atoms with E-state index in [9.17, 15) is 9.90 Å². The summed E-state index contributed by atoms with van der Waals surface area (Å²) in [5.41, 5.74) is -1.55. The number of ether oxygens (including phenoxy) is 1. The van der Waals surface area contributed by atoms with Crippen molar-refractivity contribution in [2.45, 2.75) is 44.8 Å². The summed E-state index contributed by atoms with van der Waals surface area (Å²) in [6.07, 6.45) is 1.88. The monoisotopic (exact) mass is 215 g/mol. The second-order valence-corrected chi connectivity index (χ2v) is 5.04. The average Bonchev–Trinajstić information content (AvgIpc) is 2.15. The first kappa shape index (κ1) is 12.5. The Kier molecular flexibility index (Phi) is 3.41. The van der Waals surface area contributed by atoms with E-state index in [-0.39, 0.29) is 11.5 Å². The minimum atomic E-state index is -1.29. The lowest BCUT2D eigenvalue weighted by Crippen LogP contribution is -2.54. The SMILES string of the molecule is COC1(C)CCCN(C(=O)C(C)(C)O)C1. The minimum Gasteiger partial charge on any atom is -0.381 e. The van der Waals surface area contributed by atoms with Gasteiger partial charge in [0.15, 0.2) is 0 Å². The summed E-state index contributed by atoms with van der Waals surface area (Å²) in [6, 6.07) is 0. The van der Waals surface area contributed by atoms with Crippen LogP contribution in [-0.4, -0.2) is 47.3 Å². The Hall–Kier alpha value is -0.610. The van der Waals surface area contributed by atoms with E-state index >= 15 is 0 Å². The van der Waals surface area contributed by atoms with Gasteiger partial charge in [0.2, 0.25) is 0 Å². The number of amides is 1. The average molecular weight is 215 g/mol. The standard InChI is InChI=1S/C11H21NO3/c1-10(2,14)9(13)12-7-5-6-11(3,8-12)15-4/h14H,5-8H2,1-4H3. The lowest BCUT2D eigenvalue weighted by Gasteiger charge is -2.41. The van der Waals surface area contributed by atoms with Gasteiger partial charge < -0.3 is 14.7 Å². The lowest BCUT2D eigenvalue weighted by molar-refractivity contribution is -0.155. The van der Waals surface area contributed by atoms with E-state index in [1.54, 1.807) is 12.0 Å². The zero-order chi connectivity index (χ0) is 11.7. The first-order valence-corrected chi connectivity index (χ1v) is 5.35. The van der Waals surface area contributed by atoms with Crippen molar-refractivity contribution in [3.63, 3.8) is 0 Å². The fourth-order valence-corrected chi connectivity index (χ4v) is 1.93. The molecule has 0 radical (unpaired) electrons. The summed E-state index contributed by atoms with van der Waals surface area (Å²) >= 11 is 0. The number of carbonyl (C=O) groups is 1. The number of aliphatic hydroxyl groups is 1. The maximum Gasteiger partial charge on any atom is 0.254 e. The molecule has 0 aromatic rings. The molecule has 1 unspecified atom stereocenters. The van der Waals surface area contributed by atoms with Crippen LogP contribution in [0.3, 0.4) is 0 Å². The largest absolute Gasteiger partial charge is 0.381 e. The number of nitrogens with zero attached hydrogens (tertiary/aromatic N) is 1. The summed E-state index contributed by atoms with van der Waals surface area (Å²) in [7, 11) is 1.66. The molecule has 1 aliphatic rings. The van der Waals surface area contributed by atoms with Crippen molar-refractivity contribution in [2.24, 2.45) is 0 Å². The molecular weight excluding hydrogens is 194 g/mol. The van der Waals surface area contributed by atoms with E-state index in [0.717, 1.165) is 12.8 Å². The molecule has 1 heterocycles. The van der Waals surface area contributed by atoms with Crippen molar-refractivity contribution in [3.05, 3.63) is 0 Å². The summed E-state index contributed by atoms with van der Waals surface area (Å²) in [5, 5.41) is 9.65. The molecule has 1 rings (SSSR count). The van der Waals surface area contributed by atoms with Crippen LogP contribution in [0.25, 0.3) is 0 Å². The number of carbonyl (C=O) groups excluding carboxylic acids is 1. The topological polar surface area (TPSA) is 49.8 Å². The molecule has 0 bridgehead atoms. The van der Waals surface area contributed by atoms with Crippen molar-refractivity contribution in [1.29, 1.82) is 0 Å². The van der Waals surface area contributed by atoms with Gasteiger partial charge in [-0.25, -0.2) is 0 Å². The first-order valence-electron chi connectivity index (χ1n) is 5.35. The molecule has 1 aliphatic heterocycles. The molecule has 0 aliphatic carbocycles. The summed E-state index contributed by atoms with van der Waals surface area (Å²) in [4.78, 5) is 13.5. The molecule has 1 N–H and O–H groups in total. The van der Waals surface area contributed by atoms with E-state index in [2.05, 4.69) is 0 Å². The molecule has 1 amide bonds. The van der Waals surface area contributed by atoms with Gasteiger partial charge in [0.05, 0.1) is 5.60 Å². The lowest BCUT2D eigenvalue weighted by atomic mass is 9.93. The maximum absolute atomic E-state index is 11.8. The van der Waals surface area contributed by atoms with Gasteiger partial charge in [-0.15, -0.1) is 0 Å². The fourth-order valence-electron chi connectivity index (χ4n) is 1.93. The van der Waals surface area contributed by atoms with Crippen molar-refractivity contribution in [2.75, 3.05) is 20.2 Å². The molecule has 0 spiro atoms. The van der Waals surface area contributed by atoms with E-state index < -0.39 is 5.60 Å². The summed E-state index contributed by atoms with van der Waals surface area (Å²) < 4.78 is 5.40. The quantitative estimate of drug-likeness (QED) is 0.740. The smallest absolute Gasteiger partial charge is 0.254 e. The Bertz CT molecular complexity index is 247. The zero-order valence-corrected chi connectivity index (χ0v) is 10.0. The van der Waals surface area contributed by atoms with Gasteiger partial charge in [0.25, 0.3) is 5.91 Å². The van der Waals surface area contributed by atoms with Crippen LogP contribution in [0.5, 0.6) is 0 Å². The van der Waals surface area contributed by atoms with Crippen molar-refractivity contribution in [3.8, 4) is 0 Å². The van der Waals surface area contributed by atoms with Crippen LogP contribution < -0.4 is 0 Å². The highest BCUT2D eigenvalue weighted by Crippen LogP contribution is 2.25. The molecule has 1 atom stereocenters. The number of rotatable bonds is 2. The Labute approximate surface area is 91.2 Å². The summed E-state index contributed by atoms with van der Waals surface area (Å²) in [5.74, 6) is -0.217. The second-order valence-electron chi connectivity index (χ2n) is 5.04. The normalized spacial score (nSPS) is 27.9. The molecule has 0 aromatic carbocycles. The molecule has 1 saturated heterocycles. The Morgan fingerprint density at radius 2 is 2.13 bits per heavy atom. The molecule has 15 heavy (non-hydrogen) atoms. The molecular formula is C11H21NO3. The van der Waals surface area contributed by atoms with Gasteiger partial charge in [0.1, 0.15) is 5.60 Å². The Morgan fingerprint density at radius 3 is 2.60 bits per heavy atom. The van der Waals surface area contributed by atoms with Crippen molar-refractivity contribution < 1.29 is 14.6 Å². The van der Waals surface area contributed by atoms with Gasteiger partial charge in [-0.05, 0) is 33.6 Å². The summed E-state index contributed by atoms with van der Waals surface area (Å²) in [6.45, 7) is 6.31. The number of piperidine rings is 1. The zero-order valence-electron chi connectivity index (χ0n) is 10.0. The Morgan fingerprint density at radius 1 is 1.53 bits per heavy atom. The third-order valence-electron chi connectivity index (χ3n) is 2.96. The predicted molar refractivity (Wildman–Crippen MR) is 57.5 cm³/mol. The van der Waals surface area contributed by atoms with E-state index in [4.69, 9.17) is 4.74 Å². The molecule has 88 valence electrons. The van der Waals surface area contributed by atoms with Crippen molar-refractivity contribution >= 4 is 5.91 Å². The van der Waals surface area contributed by atoms with Gasteiger partial charge >= 0.3 is 0 Å². The van der Waals surface area contributed by atoms with Crippen LogP contribution in [0, 0.1) is 0 Å². The molecule has 4 nitrogen and oxygen atoms in total.